The van der Waals surface area contributed by atoms with Gasteiger partial charge in [0.1, 0.15) is 5.82 Å². The average Bonchev–Trinajstić information content (AvgIpc) is 2.09. The fourth-order valence-corrected chi connectivity index (χ4v) is 1.34. The zero-order valence-electron chi connectivity index (χ0n) is 9.59. The molecular weight excluding hydrogens is 176 g/mol. The van der Waals surface area contributed by atoms with Gasteiger partial charge in [0, 0.05) is 5.56 Å². The van der Waals surface area contributed by atoms with Gasteiger partial charge in [0.25, 0.3) is 0 Å². The standard InChI is InChI=1S/C11H18N2O/c1-6-10-8(4)11(14-7(2)3)13-9(5)12-10/h7H,6H2,1-5H3. The monoisotopic (exact) mass is 194 g/mol. The number of hydrogen-bond acceptors (Lipinski definition) is 3. The Hall–Kier alpha value is -1.12. The molecule has 0 aromatic carbocycles. The fourth-order valence-electron chi connectivity index (χ4n) is 1.34. The van der Waals surface area contributed by atoms with Crippen molar-refractivity contribution in [3.05, 3.63) is 17.1 Å². The van der Waals surface area contributed by atoms with Gasteiger partial charge in [-0.1, -0.05) is 6.92 Å². The van der Waals surface area contributed by atoms with E-state index < -0.39 is 0 Å². The molecule has 0 radical (unpaired) electrons. The van der Waals surface area contributed by atoms with Crippen LogP contribution in [0.1, 0.15) is 37.9 Å². The molecule has 0 N–H and O–H groups in total. The SMILES string of the molecule is CCc1nc(C)nc(OC(C)C)c1C. The first-order valence-corrected chi connectivity index (χ1v) is 5.05. The summed E-state index contributed by atoms with van der Waals surface area (Å²) in [6.07, 6.45) is 1.08. The summed E-state index contributed by atoms with van der Waals surface area (Å²) in [6, 6.07) is 0. The predicted molar refractivity (Wildman–Crippen MR) is 56.6 cm³/mol. The lowest BCUT2D eigenvalue weighted by atomic mass is 10.2. The molecule has 1 aromatic heterocycles. The summed E-state index contributed by atoms with van der Waals surface area (Å²) in [5, 5.41) is 0. The Labute approximate surface area is 85.5 Å². The van der Waals surface area contributed by atoms with Crippen LogP contribution in [-0.2, 0) is 6.42 Å². The van der Waals surface area contributed by atoms with Crippen LogP contribution in [0.3, 0.4) is 0 Å². The lowest BCUT2D eigenvalue weighted by Gasteiger charge is -2.13. The van der Waals surface area contributed by atoms with Gasteiger partial charge in [-0.3, -0.25) is 0 Å². The molecule has 0 fully saturated rings. The molecule has 14 heavy (non-hydrogen) atoms. The molecule has 78 valence electrons. The Kier molecular flexibility index (Phi) is 3.44. The molecule has 0 atom stereocenters. The molecule has 0 bridgehead atoms. The minimum absolute atomic E-state index is 0.160. The van der Waals surface area contributed by atoms with Crippen molar-refractivity contribution >= 4 is 0 Å². The smallest absolute Gasteiger partial charge is 0.220 e. The summed E-state index contributed by atoms with van der Waals surface area (Å²) < 4.78 is 5.62. The highest BCUT2D eigenvalue weighted by atomic mass is 16.5. The highest BCUT2D eigenvalue weighted by Gasteiger charge is 2.09. The van der Waals surface area contributed by atoms with Crippen molar-refractivity contribution in [2.75, 3.05) is 0 Å². The van der Waals surface area contributed by atoms with Crippen molar-refractivity contribution in [1.82, 2.24) is 9.97 Å². The molecule has 0 amide bonds. The third-order valence-corrected chi connectivity index (χ3v) is 2.00. The molecule has 0 spiro atoms. The highest BCUT2D eigenvalue weighted by molar-refractivity contribution is 5.29. The molecule has 0 saturated heterocycles. The Balaban J connectivity index is 3.08. The summed E-state index contributed by atoms with van der Waals surface area (Å²) in [5.41, 5.74) is 2.14. The zero-order valence-corrected chi connectivity index (χ0v) is 9.59. The van der Waals surface area contributed by atoms with E-state index in [4.69, 9.17) is 4.74 Å². The van der Waals surface area contributed by atoms with Gasteiger partial charge in [-0.25, -0.2) is 4.98 Å². The van der Waals surface area contributed by atoms with Gasteiger partial charge in [0.15, 0.2) is 0 Å². The van der Waals surface area contributed by atoms with Crippen molar-refractivity contribution in [2.45, 2.75) is 47.1 Å². The number of ether oxygens (including phenoxy) is 1. The van der Waals surface area contributed by atoms with Crippen LogP contribution < -0.4 is 4.74 Å². The second kappa shape index (κ2) is 4.40. The lowest BCUT2D eigenvalue weighted by Crippen LogP contribution is -2.11. The summed E-state index contributed by atoms with van der Waals surface area (Å²) in [7, 11) is 0. The topological polar surface area (TPSA) is 35.0 Å². The van der Waals surface area contributed by atoms with Crippen molar-refractivity contribution in [3.63, 3.8) is 0 Å². The zero-order chi connectivity index (χ0) is 10.7. The number of nitrogens with zero attached hydrogens (tertiary/aromatic N) is 2. The van der Waals surface area contributed by atoms with Crippen LogP contribution in [0.4, 0.5) is 0 Å². The molecule has 1 rings (SSSR count). The van der Waals surface area contributed by atoms with Crippen LogP contribution >= 0.6 is 0 Å². The second-order valence-corrected chi connectivity index (χ2v) is 3.67. The van der Waals surface area contributed by atoms with Crippen LogP contribution in [0.5, 0.6) is 5.88 Å². The third-order valence-electron chi connectivity index (χ3n) is 2.00. The van der Waals surface area contributed by atoms with E-state index in [-0.39, 0.29) is 6.10 Å². The number of aryl methyl sites for hydroxylation is 2. The minimum atomic E-state index is 0.160. The Morgan fingerprint density at radius 2 is 1.86 bits per heavy atom. The fraction of sp³-hybridized carbons (Fsp3) is 0.636. The van der Waals surface area contributed by atoms with E-state index in [0.29, 0.717) is 0 Å². The van der Waals surface area contributed by atoms with E-state index in [1.54, 1.807) is 0 Å². The van der Waals surface area contributed by atoms with Gasteiger partial charge < -0.3 is 4.74 Å². The third kappa shape index (κ3) is 2.44. The first kappa shape index (κ1) is 11.0. The predicted octanol–water partition coefficient (Wildman–Crippen LogP) is 2.44. The molecular formula is C11H18N2O. The van der Waals surface area contributed by atoms with Crippen molar-refractivity contribution < 1.29 is 4.74 Å². The van der Waals surface area contributed by atoms with Crippen LogP contribution in [0.25, 0.3) is 0 Å². The van der Waals surface area contributed by atoms with Crippen LogP contribution in [0, 0.1) is 13.8 Å². The maximum atomic E-state index is 5.62. The van der Waals surface area contributed by atoms with Gasteiger partial charge in [0.2, 0.25) is 5.88 Å². The molecule has 0 unspecified atom stereocenters. The van der Waals surface area contributed by atoms with E-state index in [1.165, 1.54) is 0 Å². The van der Waals surface area contributed by atoms with Crippen LogP contribution in [0.15, 0.2) is 0 Å². The molecule has 0 aliphatic carbocycles. The minimum Gasteiger partial charge on any atom is -0.475 e. The van der Waals surface area contributed by atoms with Gasteiger partial charge in [-0.15, -0.1) is 0 Å². The van der Waals surface area contributed by atoms with Gasteiger partial charge in [-0.05, 0) is 34.1 Å². The molecule has 3 nitrogen and oxygen atoms in total. The van der Waals surface area contributed by atoms with Crippen molar-refractivity contribution in [1.29, 1.82) is 0 Å². The molecule has 1 aromatic rings. The van der Waals surface area contributed by atoms with E-state index in [0.717, 1.165) is 29.4 Å². The van der Waals surface area contributed by atoms with E-state index in [1.807, 2.05) is 27.7 Å². The summed E-state index contributed by atoms with van der Waals surface area (Å²) >= 11 is 0. The van der Waals surface area contributed by atoms with Gasteiger partial charge >= 0.3 is 0 Å². The van der Waals surface area contributed by atoms with E-state index >= 15 is 0 Å². The Morgan fingerprint density at radius 3 is 2.36 bits per heavy atom. The Morgan fingerprint density at radius 1 is 1.21 bits per heavy atom. The number of rotatable bonds is 3. The maximum absolute atomic E-state index is 5.62. The normalized spacial score (nSPS) is 10.7. The summed E-state index contributed by atoms with van der Waals surface area (Å²) in [6.45, 7) is 10.0. The highest BCUT2D eigenvalue weighted by Crippen LogP contribution is 2.19. The first-order chi connectivity index (χ1) is 6.54. The summed E-state index contributed by atoms with van der Waals surface area (Å²) in [4.78, 5) is 8.66. The summed E-state index contributed by atoms with van der Waals surface area (Å²) in [5.74, 6) is 1.51. The molecule has 0 saturated carbocycles. The van der Waals surface area contributed by atoms with Gasteiger partial charge in [0.05, 0.1) is 11.8 Å². The molecule has 0 aliphatic rings. The second-order valence-electron chi connectivity index (χ2n) is 3.67. The lowest BCUT2D eigenvalue weighted by molar-refractivity contribution is 0.229. The molecule has 0 aliphatic heterocycles. The van der Waals surface area contributed by atoms with Gasteiger partial charge in [-0.2, -0.15) is 4.98 Å². The maximum Gasteiger partial charge on any atom is 0.220 e. The van der Waals surface area contributed by atoms with E-state index in [9.17, 15) is 0 Å². The number of hydrogen-bond donors (Lipinski definition) is 0. The van der Waals surface area contributed by atoms with Crippen molar-refractivity contribution in [3.8, 4) is 5.88 Å². The van der Waals surface area contributed by atoms with E-state index in [2.05, 4.69) is 16.9 Å². The quantitative estimate of drug-likeness (QED) is 0.741. The first-order valence-electron chi connectivity index (χ1n) is 5.05. The Bertz CT molecular complexity index is 321. The average molecular weight is 194 g/mol. The van der Waals surface area contributed by atoms with Crippen LogP contribution in [-0.4, -0.2) is 16.1 Å². The van der Waals surface area contributed by atoms with Crippen molar-refractivity contribution in [2.24, 2.45) is 0 Å². The molecule has 1 heterocycles. The molecule has 3 heteroatoms. The number of aromatic nitrogens is 2. The largest absolute Gasteiger partial charge is 0.475 e. The van der Waals surface area contributed by atoms with Crippen LogP contribution in [0.2, 0.25) is 0 Å².